The number of fused-ring (bicyclic) bond motifs is 1. The molecule has 2 saturated heterocycles. The highest BCUT2D eigenvalue weighted by atomic mass is 32.2. The Hall–Kier alpha value is -1.89. The molecule has 0 unspecified atom stereocenters. The molecule has 0 radical (unpaired) electrons. The first kappa shape index (κ1) is 22.9. The monoisotopic (exact) mass is 466 g/mol. The Bertz CT molecular complexity index is 1080. The predicted molar refractivity (Wildman–Crippen MR) is 137 cm³/mol. The maximum atomic E-state index is 15.6. The standard InChI is InChI=1S/C27H35FN4S/c1-18(2)31-16-12-21(13-17-31)32-14-10-19(11-15-32)23-8-9-24-26(25(23)28)30-27(29-24)20-4-6-22(33-3)7-5-20/h4-9,18-19,21H,10-17H2,1-3H3,(H,29,30). The lowest BCUT2D eigenvalue weighted by Gasteiger charge is -2.42. The fraction of sp³-hybridized carbons (Fsp3) is 0.519. The van der Waals surface area contributed by atoms with Crippen LogP contribution in [-0.2, 0) is 0 Å². The van der Waals surface area contributed by atoms with E-state index in [1.54, 1.807) is 11.8 Å². The van der Waals surface area contributed by atoms with Gasteiger partial charge in [-0.25, -0.2) is 9.37 Å². The van der Waals surface area contributed by atoms with Gasteiger partial charge >= 0.3 is 0 Å². The molecule has 4 nitrogen and oxygen atoms in total. The zero-order valence-electron chi connectivity index (χ0n) is 20.0. The molecule has 0 saturated carbocycles. The topological polar surface area (TPSA) is 35.2 Å². The van der Waals surface area contributed by atoms with Gasteiger partial charge in [-0.1, -0.05) is 18.2 Å². The summed E-state index contributed by atoms with van der Waals surface area (Å²) < 4.78 is 15.6. The molecule has 3 aromatic rings. The number of hydrogen-bond acceptors (Lipinski definition) is 4. The van der Waals surface area contributed by atoms with Gasteiger partial charge < -0.3 is 14.8 Å². The van der Waals surface area contributed by atoms with Gasteiger partial charge in [0, 0.05) is 22.5 Å². The Kier molecular flexibility index (Phi) is 6.77. The highest BCUT2D eigenvalue weighted by Crippen LogP contribution is 2.35. The quantitative estimate of drug-likeness (QED) is 0.458. The van der Waals surface area contributed by atoms with Crippen molar-refractivity contribution in [1.82, 2.24) is 19.8 Å². The van der Waals surface area contributed by atoms with Crippen LogP contribution in [0.3, 0.4) is 0 Å². The third-order valence-corrected chi connectivity index (χ3v) is 8.45. The van der Waals surface area contributed by atoms with Crippen molar-refractivity contribution in [2.24, 2.45) is 0 Å². The summed E-state index contributed by atoms with van der Waals surface area (Å²) in [6.07, 6.45) is 6.65. The van der Waals surface area contributed by atoms with Crippen molar-refractivity contribution in [3.63, 3.8) is 0 Å². The zero-order chi connectivity index (χ0) is 22.9. The number of nitrogens with zero attached hydrogens (tertiary/aromatic N) is 3. The van der Waals surface area contributed by atoms with Gasteiger partial charge in [-0.05, 0) is 102 Å². The summed E-state index contributed by atoms with van der Waals surface area (Å²) in [6, 6.07) is 13.5. The number of halogens is 1. The van der Waals surface area contributed by atoms with E-state index in [0.29, 0.717) is 23.1 Å². The smallest absolute Gasteiger partial charge is 0.152 e. The minimum atomic E-state index is -0.115. The van der Waals surface area contributed by atoms with Gasteiger partial charge in [0.05, 0.1) is 5.52 Å². The Labute approximate surface area is 201 Å². The van der Waals surface area contributed by atoms with Crippen molar-refractivity contribution >= 4 is 22.8 Å². The molecule has 176 valence electrons. The summed E-state index contributed by atoms with van der Waals surface area (Å²) in [5.74, 6) is 0.904. The molecule has 0 amide bonds. The van der Waals surface area contributed by atoms with Crippen LogP contribution in [0, 0.1) is 5.82 Å². The van der Waals surface area contributed by atoms with Gasteiger partial charge in [0.1, 0.15) is 11.3 Å². The predicted octanol–water partition coefficient (Wildman–Crippen LogP) is 6.14. The van der Waals surface area contributed by atoms with Gasteiger partial charge in [0.25, 0.3) is 0 Å². The van der Waals surface area contributed by atoms with Crippen LogP contribution in [0.2, 0.25) is 0 Å². The molecule has 3 heterocycles. The number of thioether (sulfide) groups is 1. The summed E-state index contributed by atoms with van der Waals surface area (Å²) in [6.45, 7) is 9.14. The van der Waals surface area contributed by atoms with Crippen LogP contribution < -0.4 is 0 Å². The Morgan fingerprint density at radius 3 is 2.30 bits per heavy atom. The lowest BCUT2D eigenvalue weighted by Crippen LogP contribution is -2.48. The van der Waals surface area contributed by atoms with E-state index in [2.05, 4.69) is 52.0 Å². The van der Waals surface area contributed by atoms with Crippen molar-refractivity contribution in [2.45, 2.75) is 62.4 Å². The molecular formula is C27H35FN4S. The van der Waals surface area contributed by atoms with E-state index in [1.807, 2.05) is 24.3 Å². The van der Waals surface area contributed by atoms with Crippen molar-refractivity contribution in [3.05, 3.63) is 47.8 Å². The second-order valence-corrected chi connectivity index (χ2v) is 10.7. The first-order valence-electron chi connectivity index (χ1n) is 12.3. The van der Waals surface area contributed by atoms with Gasteiger partial charge in [0.2, 0.25) is 0 Å². The minimum Gasteiger partial charge on any atom is -0.336 e. The van der Waals surface area contributed by atoms with Crippen molar-refractivity contribution in [2.75, 3.05) is 32.4 Å². The number of rotatable bonds is 5. The van der Waals surface area contributed by atoms with Crippen LogP contribution in [0.5, 0.6) is 0 Å². The van der Waals surface area contributed by atoms with Gasteiger partial charge in [-0.15, -0.1) is 11.8 Å². The van der Waals surface area contributed by atoms with Gasteiger partial charge in [0.15, 0.2) is 5.82 Å². The van der Waals surface area contributed by atoms with E-state index in [1.165, 1.54) is 30.8 Å². The summed E-state index contributed by atoms with van der Waals surface area (Å²) in [4.78, 5) is 14.4. The number of benzene rings is 2. The molecule has 0 aliphatic carbocycles. The second-order valence-electron chi connectivity index (χ2n) is 9.85. The largest absolute Gasteiger partial charge is 0.336 e. The van der Waals surface area contributed by atoms with Crippen LogP contribution in [0.25, 0.3) is 22.4 Å². The molecule has 5 rings (SSSR count). The second kappa shape index (κ2) is 9.77. The molecule has 2 aromatic carbocycles. The molecule has 0 bridgehead atoms. The molecule has 0 atom stereocenters. The zero-order valence-corrected chi connectivity index (χ0v) is 20.8. The molecule has 6 heteroatoms. The summed E-state index contributed by atoms with van der Waals surface area (Å²) in [5, 5.41) is 0. The van der Waals surface area contributed by atoms with Crippen molar-refractivity contribution in [3.8, 4) is 11.4 Å². The van der Waals surface area contributed by atoms with Crippen LogP contribution in [-0.4, -0.2) is 64.3 Å². The van der Waals surface area contributed by atoms with Crippen LogP contribution >= 0.6 is 11.8 Å². The van der Waals surface area contributed by atoms with E-state index in [9.17, 15) is 0 Å². The number of likely N-dealkylation sites (tertiary alicyclic amines) is 2. The molecule has 2 aliphatic heterocycles. The average Bonchev–Trinajstić information content (AvgIpc) is 3.30. The maximum absolute atomic E-state index is 15.6. The van der Waals surface area contributed by atoms with E-state index in [0.717, 1.165) is 42.9 Å². The molecule has 2 aliphatic rings. The Morgan fingerprint density at radius 2 is 1.67 bits per heavy atom. The average molecular weight is 467 g/mol. The molecule has 0 spiro atoms. The van der Waals surface area contributed by atoms with Crippen molar-refractivity contribution < 1.29 is 4.39 Å². The Morgan fingerprint density at radius 1 is 0.970 bits per heavy atom. The molecular weight excluding hydrogens is 431 g/mol. The molecule has 2 fully saturated rings. The summed E-state index contributed by atoms with van der Waals surface area (Å²) in [5.41, 5.74) is 3.08. The maximum Gasteiger partial charge on any atom is 0.152 e. The number of aromatic amines is 1. The number of nitrogens with one attached hydrogen (secondary N) is 1. The molecule has 1 aromatic heterocycles. The molecule has 33 heavy (non-hydrogen) atoms. The van der Waals surface area contributed by atoms with Crippen LogP contribution in [0.15, 0.2) is 41.3 Å². The number of H-pyrrole nitrogens is 1. The van der Waals surface area contributed by atoms with E-state index in [4.69, 9.17) is 0 Å². The van der Waals surface area contributed by atoms with Crippen LogP contribution in [0.1, 0.15) is 51.0 Å². The first-order valence-corrected chi connectivity index (χ1v) is 13.6. The third-order valence-electron chi connectivity index (χ3n) is 7.70. The number of imidazole rings is 1. The number of aromatic nitrogens is 2. The van der Waals surface area contributed by atoms with E-state index in [-0.39, 0.29) is 11.7 Å². The fourth-order valence-electron chi connectivity index (χ4n) is 5.60. The summed E-state index contributed by atoms with van der Waals surface area (Å²) >= 11 is 1.71. The third kappa shape index (κ3) is 4.71. The lowest BCUT2D eigenvalue weighted by atomic mass is 9.87. The number of hydrogen-bond donors (Lipinski definition) is 1. The van der Waals surface area contributed by atoms with E-state index >= 15 is 4.39 Å². The normalized spacial score (nSPS) is 19.7. The number of piperidine rings is 2. The SMILES string of the molecule is CSc1ccc(-c2nc3ccc(C4CCN(C5CCN(C(C)C)CC5)CC4)c(F)c3[nH]2)cc1. The Balaban J connectivity index is 1.27. The minimum absolute atomic E-state index is 0.115. The highest BCUT2D eigenvalue weighted by molar-refractivity contribution is 7.98. The first-order chi connectivity index (χ1) is 16.0. The van der Waals surface area contributed by atoms with Gasteiger partial charge in [-0.2, -0.15) is 0 Å². The van der Waals surface area contributed by atoms with Crippen LogP contribution in [0.4, 0.5) is 4.39 Å². The highest BCUT2D eigenvalue weighted by Gasteiger charge is 2.30. The van der Waals surface area contributed by atoms with Gasteiger partial charge in [-0.3, -0.25) is 0 Å². The van der Waals surface area contributed by atoms with Crippen molar-refractivity contribution in [1.29, 1.82) is 0 Å². The molecule has 1 N–H and O–H groups in total. The fourth-order valence-corrected chi connectivity index (χ4v) is 6.01. The van der Waals surface area contributed by atoms with E-state index < -0.39 is 0 Å². The lowest BCUT2D eigenvalue weighted by molar-refractivity contribution is 0.0751. The summed E-state index contributed by atoms with van der Waals surface area (Å²) in [7, 11) is 0.